The molecule has 168 valence electrons. The molecule has 1 amide bonds. The van der Waals surface area contributed by atoms with Crippen LogP contribution in [0.15, 0.2) is 48.5 Å². The average Bonchev–Trinajstić information content (AvgIpc) is 3.55. The Balaban J connectivity index is 1.44. The minimum Gasteiger partial charge on any atom is -0.479 e. The maximum atomic E-state index is 13.5. The predicted octanol–water partition coefficient (Wildman–Crippen LogP) is 5.82. The largest absolute Gasteiger partial charge is 0.479 e. The molecule has 5 nitrogen and oxygen atoms in total. The summed E-state index contributed by atoms with van der Waals surface area (Å²) >= 11 is 0. The second-order valence-corrected chi connectivity index (χ2v) is 10.2. The van der Waals surface area contributed by atoms with Gasteiger partial charge in [-0.15, -0.1) is 0 Å². The van der Waals surface area contributed by atoms with Crippen molar-refractivity contribution in [3.8, 4) is 11.1 Å². The SMILES string of the molecule is CC1(C)CCCCC1(C(=O)O)N(C(=O)OCC1c2ccccc2-c2ccccc21)C1CC1. The second kappa shape index (κ2) is 7.65. The van der Waals surface area contributed by atoms with Crippen molar-refractivity contribution in [2.24, 2.45) is 5.41 Å². The first kappa shape index (κ1) is 21.0. The van der Waals surface area contributed by atoms with E-state index in [1.807, 2.05) is 38.1 Å². The molecule has 2 fully saturated rings. The molecule has 0 aromatic heterocycles. The van der Waals surface area contributed by atoms with Gasteiger partial charge in [0, 0.05) is 12.0 Å². The summed E-state index contributed by atoms with van der Waals surface area (Å²) in [5.41, 5.74) is 2.95. The van der Waals surface area contributed by atoms with E-state index >= 15 is 0 Å². The Morgan fingerprint density at radius 3 is 2.06 bits per heavy atom. The number of carboxylic acid groups (broad SMARTS) is 1. The van der Waals surface area contributed by atoms with Gasteiger partial charge in [0.15, 0.2) is 0 Å². The number of amides is 1. The lowest BCUT2D eigenvalue weighted by atomic mass is 9.62. The van der Waals surface area contributed by atoms with E-state index in [0.717, 1.165) is 43.2 Å². The first-order valence-electron chi connectivity index (χ1n) is 11.7. The zero-order chi connectivity index (χ0) is 22.5. The van der Waals surface area contributed by atoms with E-state index in [1.165, 1.54) is 11.1 Å². The molecule has 5 rings (SSSR count). The number of fused-ring (bicyclic) bond motifs is 3. The van der Waals surface area contributed by atoms with Crippen LogP contribution in [0.25, 0.3) is 11.1 Å². The number of carbonyl (C=O) groups is 2. The summed E-state index contributed by atoms with van der Waals surface area (Å²) < 4.78 is 5.95. The Bertz CT molecular complexity index is 1010. The molecule has 2 saturated carbocycles. The zero-order valence-electron chi connectivity index (χ0n) is 18.8. The molecule has 2 aromatic rings. The van der Waals surface area contributed by atoms with Crippen LogP contribution in [-0.2, 0) is 9.53 Å². The molecule has 1 atom stereocenters. The molecule has 1 N–H and O–H groups in total. The third-order valence-corrected chi connectivity index (χ3v) is 7.92. The monoisotopic (exact) mass is 433 g/mol. The van der Waals surface area contributed by atoms with Crippen molar-refractivity contribution in [3.63, 3.8) is 0 Å². The number of benzene rings is 2. The van der Waals surface area contributed by atoms with Crippen molar-refractivity contribution in [2.75, 3.05) is 6.61 Å². The highest BCUT2D eigenvalue weighted by Gasteiger charge is 2.61. The summed E-state index contributed by atoms with van der Waals surface area (Å²) in [5.74, 6) is -0.935. The maximum absolute atomic E-state index is 13.5. The van der Waals surface area contributed by atoms with E-state index < -0.39 is 23.0 Å². The summed E-state index contributed by atoms with van der Waals surface area (Å²) in [7, 11) is 0. The number of aliphatic carboxylic acids is 1. The molecule has 0 bridgehead atoms. The Morgan fingerprint density at radius 1 is 0.969 bits per heavy atom. The van der Waals surface area contributed by atoms with E-state index in [2.05, 4.69) is 24.3 Å². The fourth-order valence-electron chi connectivity index (χ4n) is 6.05. The summed E-state index contributed by atoms with van der Waals surface area (Å²) in [4.78, 5) is 27.9. The van der Waals surface area contributed by atoms with Gasteiger partial charge >= 0.3 is 12.1 Å². The summed E-state index contributed by atoms with van der Waals surface area (Å²) in [6.45, 7) is 4.20. The van der Waals surface area contributed by atoms with Crippen LogP contribution >= 0.6 is 0 Å². The van der Waals surface area contributed by atoms with Crippen LogP contribution in [0.1, 0.15) is 69.4 Å². The van der Waals surface area contributed by atoms with Gasteiger partial charge in [0.1, 0.15) is 12.1 Å². The van der Waals surface area contributed by atoms with Gasteiger partial charge in [-0.25, -0.2) is 9.59 Å². The van der Waals surface area contributed by atoms with Crippen LogP contribution in [0, 0.1) is 5.41 Å². The molecule has 0 aliphatic heterocycles. The van der Waals surface area contributed by atoms with Gasteiger partial charge in [-0.3, -0.25) is 4.90 Å². The Labute approximate surface area is 189 Å². The van der Waals surface area contributed by atoms with Gasteiger partial charge in [-0.1, -0.05) is 75.2 Å². The lowest BCUT2D eigenvalue weighted by Gasteiger charge is -2.52. The molecular weight excluding hydrogens is 402 g/mol. The third-order valence-electron chi connectivity index (χ3n) is 7.92. The molecular formula is C27H31NO4. The van der Waals surface area contributed by atoms with Crippen molar-refractivity contribution in [3.05, 3.63) is 59.7 Å². The minimum absolute atomic E-state index is 0.0347. The van der Waals surface area contributed by atoms with Crippen LogP contribution < -0.4 is 0 Å². The highest BCUT2D eigenvalue weighted by atomic mass is 16.6. The number of ether oxygens (including phenoxy) is 1. The molecule has 2 aromatic carbocycles. The average molecular weight is 434 g/mol. The van der Waals surface area contributed by atoms with Gasteiger partial charge in [0.05, 0.1) is 0 Å². The fraction of sp³-hybridized carbons (Fsp3) is 0.481. The van der Waals surface area contributed by atoms with E-state index in [0.29, 0.717) is 6.42 Å². The number of carbonyl (C=O) groups excluding carboxylic acids is 1. The number of rotatable bonds is 5. The zero-order valence-corrected chi connectivity index (χ0v) is 18.8. The standard InChI is InChI=1S/C27H31NO4/c1-26(2)15-7-8-16-27(26,24(29)30)28(18-13-14-18)25(31)32-17-23-21-11-5-3-9-19(21)20-10-4-6-12-22(20)23/h3-6,9-12,18,23H,7-8,13-17H2,1-2H3,(H,29,30). The van der Waals surface area contributed by atoms with Crippen molar-refractivity contribution in [1.29, 1.82) is 0 Å². The highest BCUT2D eigenvalue weighted by molar-refractivity contribution is 5.86. The van der Waals surface area contributed by atoms with Crippen LogP contribution in [0.2, 0.25) is 0 Å². The third kappa shape index (κ3) is 3.13. The number of hydrogen-bond acceptors (Lipinski definition) is 3. The highest BCUT2D eigenvalue weighted by Crippen LogP contribution is 2.51. The van der Waals surface area contributed by atoms with E-state index in [9.17, 15) is 14.7 Å². The van der Waals surface area contributed by atoms with Crippen molar-refractivity contribution in [1.82, 2.24) is 4.90 Å². The Morgan fingerprint density at radius 2 is 1.53 bits per heavy atom. The topological polar surface area (TPSA) is 66.8 Å². The quantitative estimate of drug-likeness (QED) is 0.645. The van der Waals surface area contributed by atoms with Gasteiger partial charge < -0.3 is 9.84 Å². The lowest BCUT2D eigenvalue weighted by Crippen LogP contribution is -2.66. The van der Waals surface area contributed by atoms with Crippen LogP contribution in [0.5, 0.6) is 0 Å². The molecule has 0 spiro atoms. The molecule has 5 heteroatoms. The van der Waals surface area contributed by atoms with E-state index in [4.69, 9.17) is 4.74 Å². The van der Waals surface area contributed by atoms with E-state index in [-0.39, 0.29) is 18.6 Å². The summed E-state index contributed by atoms with van der Waals surface area (Å²) in [5, 5.41) is 10.4. The molecule has 1 unspecified atom stereocenters. The second-order valence-electron chi connectivity index (χ2n) is 10.2. The van der Waals surface area contributed by atoms with Gasteiger partial charge in [0.2, 0.25) is 0 Å². The predicted molar refractivity (Wildman–Crippen MR) is 123 cm³/mol. The number of nitrogens with zero attached hydrogens (tertiary/aromatic N) is 1. The fourth-order valence-corrected chi connectivity index (χ4v) is 6.05. The van der Waals surface area contributed by atoms with E-state index in [1.54, 1.807) is 4.90 Å². The minimum atomic E-state index is -1.21. The molecule has 0 saturated heterocycles. The van der Waals surface area contributed by atoms with Crippen molar-refractivity contribution in [2.45, 2.75) is 69.9 Å². The summed E-state index contributed by atoms with van der Waals surface area (Å²) in [6, 6.07) is 16.4. The molecule has 32 heavy (non-hydrogen) atoms. The Hall–Kier alpha value is -2.82. The van der Waals surface area contributed by atoms with Gasteiger partial charge in [-0.2, -0.15) is 0 Å². The number of carboxylic acids is 1. The number of hydrogen-bond donors (Lipinski definition) is 1. The lowest BCUT2D eigenvalue weighted by molar-refractivity contribution is -0.164. The molecule has 3 aliphatic rings. The smallest absolute Gasteiger partial charge is 0.411 e. The summed E-state index contributed by atoms with van der Waals surface area (Å²) in [6.07, 6.45) is 4.28. The van der Waals surface area contributed by atoms with Gasteiger partial charge in [0.25, 0.3) is 0 Å². The van der Waals surface area contributed by atoms with Crippen LogP contribution in [0.3, 0.4) is 0 Å². The van der Waals surface area contributed by atoms with Crippen LogP contribution in [-0.4, -0.2) is 40.3 Å². The first-order valence-corrected chi connectivity index (χ1v) is 11.7. The van der Waals surface area contributed by atoms with Gasteiger partial charge in [-0.05, 0) is 53.4 Å². The van der Waals surface area contributed by atoms with Crippen molar-refractivity contribution < 1.29 is 19.4 Å². The molecule has 0 radical (unpaired) electrons. The van der Waals surface area contributed by atoms with Crippen molar-refractivity contribution >= 4 is 12.1 Å². The molecule has 0 heterocycles. The first-order chi connectivity index (χ1) is 15.4. The normalized spacial score (nSPS) is 23.8. The molecule has 3 aliphatic carbocycles. The Kier molecular flexibility index (Phi) is 5.03. The maximum Gasteiger partial charge on any atom is 0.411 e. The van der Waals surface area contributed by atoms with Crippen LogP contribution in [0.4, 0.5) is 4.79 Å².